The molecule has 1 amide bonds. The van der Waals surface area contributed by atoms with Crippen LogP contribution in [0.25, 0.3) is 11.3 Å². The Hall–Kier alpha value is -2.07. The number of Topliss-reactive ketones (excluding diaryl/α,β-unsaturated/α-hetero) is 1. The van der Waals surface area contributed by atoms with Gasteiger partial charge in [-0.2, -0.15) is 0 Å². The summed E-state index contributed by atoms with van der Waals surface area (Å²) in [5, 5.41) is 0.871. The van der Waals surface area contributed by atoms with Crippen molar-refractivity contribution in [1.29, 1.82) is 0 Å². The van der Waals surface area contributed by atoms with E-state index in [0.29, 0.717) is 68.3 Å². The predicted molar refractivity (Wildman–Crippen MR) is 148 cm³/mol. The van der Waals surface area contributed by atoms with Gasteiger partial charge in [-0.3, -0.25) is 14.2 Å². The number of anilines is 1. The highest BCUT2D eigenvalue weighted by Gasteiger charge is 2.50. The van der Waals surface area contributed by atoms with Crippen LogP contribution in [-0.2, 0) is 4.79 Å². The number of amides is 1. The monoisotopic (exact) mass is 654 g/mol. The molecule has 3 N–H and O–H groups in total. The molecule has 2 aromatic carbocycles. The Morgan fingerprint density at radius 2 is 1.67 bits per heavy atom. The molecule has 11 heteroatoms. The summed E-state index contributed by atoms with van der Waals surface area (Å²) in [4.78, 5) is 43.4. The van der Waals surface area contributed by atoms with Crippen LogP contribution in [0.2, 0.25) is 10.0 Å². The molecule has 7 nitrogen and oxygen atoms in total. The maximum Gasteiger partial charge on any atom is 0.326 e. The Morgan fingerprint density at radius 1 is 1.00 bits per heavy atom. The second-order valence-corrected chi connectivity index (χ2v) is 11.8. The van der Waals surface area contributed by atoms with Gasteiger partial charge >= 0.3 is 5.69 Å². The minimum absolute atomic E-state index is 0.0123. The molecule has 5 rings (SSSR count). The van der Waals surface area contributed by atoms with Gasteiger partial charge in [-0.05, 0) is 75.4 Å². The van der Waals surface area contributed by atoms with Crippen molar-refractivity contribution in [3.63, 3.8) is 0 Å². The molecule has 36 heavy (non-hydrogen) atoms. The van der Waals surface area contributed by atoms with Crippen LogP contribution in [0.3, 0.4) is 0 Å². The molecule has 0 radical (unpaired) electrons. The van der Waals surface area contributed by atoms with E-state index in [0.717, 1.165) is 5.56 Å². The summed E-state index contributed by atoms with van der Waals surface area (Å²) >= 11 is 18.9. The molecule has 0 bridgehead atoms. The number of hydrogen-bond donors (Lipinski definition) is 2. The average Bonchev–Trinajstić information content (AvgIpc) is 3.57. The first kappa shape index (κ1) is 25.6. The summed E-state index contributed by atoms with van der Waals surface area (Å²) in [6.45, 7) is 1.08. The molecule has 1 saturated carbocycles. The zero-order chi connectivity index (χ0) is 25.7. The van der Waals surface area contributed by atoms with Gasteiger partial charge in [0.25, 0.3) is 0 Å². The van der Waals surface area contributed by atoms with Crippen molar-refractivity contribution in [3.05, 3.63) is 71.6 Å². The average molecular weight is 657 g/mol. The summed E-state index contributed by atoms with van der Waals surface area (Å²) in [6.07, 6.45) is 3.67. The first-order chi connectivity index (χ1) is 17.1. The number of halogens is 4. The van der Waals surface area contributed by atoms with E-state index in [2.05, 4.69) is 36.8 Å². The minimum atomic E-state index is -0.307. The Morgan fingerprint density at radius 3 is 2.31 bits per heavy atom. The number of piperidine rings is 1. The number of hydrogen-bond acceptors (Lipinski definition) is 4. The fourth-order valence-corrected chi connectivity index (χ4v) is 6.27. The molecule has 2 aliphatic rings. The van der Waals surface area contributed by atoms with E-state index < -0.39 is 0 Å². The standard InChI is InChI=1S/C25H22Br2Cl2N4O3/c26-17-7-13(8-18(27)22(17)30)23(34)15-10-16(15)24(35)32-5-3-14(4-6-32)33-11-21(31-25(33)36)12-1-2-19(28)20(29)9-12/h1-2,7-9,11,14-16H,3-6,10,30H2,(H,31,36)/t15-,16-/m1/s1. The lowest BCUT2D eigenvalue weighted by molar-refractivity contribution is -0.134. The van der Waals surface area contributed by atoms with Gasteiger partial charge < -0.3 is 15.6 Å². The van der Waals surface area contributed by atoms with Crippen LogP contribution in [0.5, 0.6) is 0 Å². The topological polar surface area (TPSA) is 101 Å². The minimum Gasteiger partial charge on any atom is -0.397 e. The van der Waals surface area contributed by atoms with E-state index in [1.807, 2.05) is 4.90 Å². The third-order valence-electron chi connectivity index (χ3n) is 6.95. The number of nitrogens with one attached hydrogen (secondary N) is 1. The van der Waals surface area contributed by atoms with Crippen LogP contribution >= 0.6 is 55.1 Å². The fourth-order valence-electron chi connectivity index (χ4n) is 4.79. The van der Waals surface area contributed by atoms with E-state index in [4.69, 9.17) is 28.9 Å². The van der Waals surface area contributed by atoms with Crippen LogP contribution in [0, 0.1) is 11.8 Å². The van der Waals surface area contributed by atoms with Crippen LogP contribution in [0.1, 0.15) is 35.7 Å². The maximum atomic E-state index is 13.1. The highest BCUT2D eigenvalue weighted by atomic mass is 79.9. The Bertz CT molecular complexity index is 1410. The van der Waals surface area contributed by atoms with Crippen molar-refractivity contribution in [2.24, 2.45) is 11.8 Å². The smallest absolute Gasteiger partial charge is 0.326 e. The lowest BCUT2D eigenvalue weighted by Crippen LogP contribution is -2.41. The van der Waals surface area contributed by atoms with Gasteiger partial charge in [-0.1, -0.05) is 29.3 Å². The van der Waals surface area contributed by atoms with Gasteiger partial charge in [0.1, 0.15) is 0 Å². The normalized spacial score (nSPS) is 19.9. The molecular weight excluding hydrogens is 635 g/mol. The summed E-state index contributed by atoms with van der Waals surface area (Å²) < 4.78 is 2.99. The molecule has 1 saturated heterocycles. The highest BCUT2D eigenvalue weighted by molar-refractivity contribution is 9.11. The lowest BCUT2D eigenvalue weighted by atomic mass is 10.0. The Balaban J connectivity index is 1.21. The van der Waals surface area contributed by atoms with Crippen molar-refractivity contribution >= 4 is 72.4 Å². The SMILES string of the molecule is Nc1c(Br)cc(C(=O)[C@@H]2C[C@H]2C(=O)N2CCC(n3cc(-c4ccc(Cl)c(Cl)c4)[nH]c3=O)CC2)cc1Br. The number of ketones is 1. The quantitative estimate of drug-likeness (QED) is 0.262. The van der Waals surface area contributed by atoms with Gasteiger partial charge in [-0.25, -0.2) is 4.79 Å². The van der Waals surface area contributed by atoms with E-state index in [1.54, 1.807) is 41.1 Å². The molecule has 1 aliphatic carbocycles. The van der Waals surface area contributed by atoms with Crippen molar-refractivity contribution in [1.82, 2.24) is 14.5 Å². The van der Waals surface area contributed by atoms with Gasteiger partial charge in [0.15, 0.2) is 5.78 Å². The molecule has 2 heterocycles. The number of carbonyl (C=O) groups excluding carboxylic acids is 2. The van der Waals surface area contributed by atoms with Crippen LogP contribution in [0.4, 0.5) is 5.69 Å². The number of nitrogens with two attached hydrogens (primary N) is 1. The van der Waals surface area contributed by atoms with Crippen molar-refractivity contribution in [2.45, 2.75) is 25.3 Å². The molecule has 1 aromatic heterocycles. The largest absolute Gasteiger partial charge is 0.397 e. The first-order valence-corrected chi connectivity index (χ1v) is 13.8. The molecule has 188 valence electrons. The van der Waals surface area contributed by atoms with E-state index in [9.17, 15) is 14.4 Å². The number of nitrogen functional groups attached to an aromatic ring is 1. The van der Waals surface area contributed by atoms with Gasteiger partial charge in [-0.15, -0.1) is 0 Å². The van der Waals surface area contributed by atoms with Crippen molar-refractivity contribution in [2.75, 3.05) is 18.8 Å². The van der Waals surface area contributed by atoms with E-state index in [1.165, 1.54) is 0 Å². The first-order valence-electron chi connectivity index (χ1n) is 11.5. The summed E-state index contributed by atoms with van der Waals surface area (Å²) in [6, 6.07) is 8.61. The number of imidazole rings is 1. The number of benzene rings is 2. The zero-order valence-electron chi connectivity index (χ0n) is 18.9. The predicted octanol–water partition coefficient (Wildman–Crippen LogP) is 5.94. The number of rotatable bonds is 5. The van der Waals surface area contributed by atoms with E-state index >= 15 is 0 Å². The van der Waals surface area contributed by atoms with Gasteiger partial charge in [0, 0.05) is 57.2 Å². The molecule has 2 fully saturated rings. The Labute approximate surface area is 234 Å². The second kappa shape index (κ2) is 10.0. The van der Waals surface area contributed by atoms with Gasteiger partial charge in [0.05, 0.1) is 21.4 Å². The second-order valence-electron chi connectivity index (χ2n) is 9.23. The molecular formula is C25H22Br2Cl2N4O3. The number of nitrogens with zero attached hydrogens (tertiary/aromatic N) is 2. The number of likely N-dealkylation sites (tertiary alicyclic amines) is 1. The molecule has 2 atom stereocenters. The van der Waals surface area contributed by atoms with Crippen LogP contribution in [0.15, 0.2) is 50.3 Å². The third kappa shape index (κ3) is 4.90. The third-order valence-corrected chi connectivity index (χ3v) is 9.00. The van der Waals surface area contributed by atoms with Crippen molar-refractivity contribution in [3.8, 4) is 11.3 Å². The summed E-state index contributed by atoms with van der Waals surface area (Å²) in [7, 11) is 0. The maximum absolute atomic E-state index is 13.1. The number of H-pyrrole nitrogens is 1. The number of carbonyl (C=O) groups is 2. The van der Waals surface area contributed by atoms with Crippen LogP contribution in [-0.4, -0.2) is 39.2 Å². The van der Waals surface area contributed by atoms with E-state index in [-0.39, 0.29) is 35.3 Å². The van der Waals surface area contributed by atoms with Gasteiger partial charge in [0.2, 0.25) is 5.91 Å². The number of aromatic amines is 1. The lowest BCUT2D eigenvalue weighted by Gasteiger charge is -2.32. The zero-order valence-corrected chi connectivity index (χ0v) is 23.6. The highest BCUT2D eigenvalue weighted by Crippen LogP contribution is 2.44. The van der Waals surface area contributed by atoms with Crippen molar-refractivity contribution < 1.29 is 9.59 Å². The summed E-state index contributed by atoms with van der Waals surface area (Å²) in [5.74, 6) is -0.629. The number of aromatic nitrogens is 2. The Kier molecular flexibility index (Phi) is 7.11. The summed E-state index contributed by atoms with van der Waals surface area (Å²) in [5.41, 5.74) is 8.23. The molecule has 1 aliphatic heterocycles. The van der Waals surface area contributed by atoms with Crippen LogP contribution < -0.4 is 11.4 Å². The molecule has 0 spiro atoms. The molecule has 3 aromatic rings. The molecule has 0 unspecified atom stereocenters. The fraction of sp³-hybridized carbons (Fsp3) is 0.320.